The number of hydrogen-bond acceptors (Lipinski definition) is 4. The van der Waals surface area contributed by atoms with Crippen LogP contribution in [-0.2, 0) is 6.18 Å². The Morgan fingerprint density at radius 3 is 2.48 bits per heavy atom. The highest BCUT2D eigenvalue weighted by Gasteiger charge is 2.31. The summed E-state index contributed by atoms with van der Waals surface area (Å²) < 4.78 is 53.2. The Kier molecular flexibility index (Phi) is 4.98. The molecule has 0 aliphatic heterocycles. The molecule has 3 N–H and O–H groups in total. The summed E-state index contributed by atoms with van der Waals surface area (Å²) in [4.78, 5) is 8.51. The molecule has 3 rings (SSSR count). The van der Waals surface area contributed by atoms with Crippen molar-refractivity contribution in [3.8, 4) is 0 Å². The first-order valence-electron chi connectivity index (χ1n) is 7.92. The van der Waals surface area contributed by atoms with Crippen LogP contribution in [0.3, 0.4) is 0 Å². The van der Waals surface area contributed by atoms with Crippen LogP contribution in [0.2, 0.25) is 0 Å². The minimum absolute atomic E-state index is 0.0158. The van der Waals surface area contributed by atoms with Crippen LogP contribution in [0.5, 0.6) is 0 Å². The third-order valence-electron chi connectivity index (χ3n) is 4.01. The van der Waals surface area contributed by atoms with E-state index in [0.29, 0.717) is 28.1 Å². The first kappa shape index (κ1) is 19.3. The van der Waals surface area contributed by atoms with Gasteiger partial charge in [-0.3, -0.25) is 0 Å². The first-order chi connectivity index (χ1) is 12.5. The lowest BCUT2D eigenvalue weighted by atomic mass is 10.0. The molecule has 142 valence electrons. The SMILES string of the molecule is Cc1nc(NC(C)c2cc(N)cc(C(F)(F)F)c2)c2cc(Br)c(F)cc2n1. The highest BCUT2D eigenvalue weighted by molar-refractivity contribution is 9.10. The number of hydrogen-bond donors (Lipinski definition) is 2. The van der Waals surface area contributed by atoms with Gasteiger partial charge in [0, 0.05) is 17.1 Å². The number of aromatic nitrogens is 2. The van der Waals surface area contributed by atoms with Crippen molar-refractivity contribution in [2.75, 3.05) is 11.1 Å². The molecule has 0 amide bonds. The van der Waals surface area contributed by atoms with E-state index in [2.05, 4.69) is 31.2 Å². The normalized spacial score (nSPS) is 13.0. The minimum Gasteiger partial charge on any atom is -0.399 e. The zero-order chi connectivity index (χ0) is 19.9. The molecule has 0 aliphatic carbocycles. The van der Waals surface area contributed by atoms with Gasteiger partial charge in [0.1, 0.15) is 17.5 Å². The summed E-state index contributed by atoms with van der Waals surface area (Å²) in [5, 5.41) is 3.62. The second-order valence-corrected chi connectivity index (χ2v) is 7.01. The smallest absolute Gasteiger partial charge is 0.399 e. The first-order valence-corrected chi connectivity index (χ1v) is 8.71. The van der Waals surface area contributed by atoms with Gasteiger partial charge in [0.15, 0.2) is 0 Å². The zero-order valence-electron chi connectivity index (χ0n) is 14.3. The molecule has 1 heterocycles. The lowest BCUT2D eigenvalue weighted by molar-refractivity contribution is -0.137. The second-order valence-electron chi connectivity index (χ2n) is 6.16. The van der Waals surface area contributed by atoms with E-state index in [4.69, 9.17) is 5.73 Å². The molecule has 0 saturated carbocycles. The molecule has 3 aromatic rings. The van der Waals surface area contributed by atoms with E-state index in [1.54, 1.807) is 13.8 Å². The molecule has 0 saturated heterocycles. The maximum Gasteiger partial charge on any atom is 0.416 e. The Hall–Kier alpha value is -2.42. The van der Waals surface area contributed by atoms with Crippen molar-refractivity contribution in [1.29, 1.82) is 0 Å². The van der Waals surface area contributed by atoms with Gasteiger partial charge in [-0.1, -0.05) is 0 Å². The third kappa shape index (κ3) is 4.13. The summed E-state index contributed by atoms with van der Waals surface area (Å²) in [6.45, 7) is 3.34. The Morgan fingerprint density at radius 2 is 1.81 bits per heavy atom. The molecule has 1 aromatic heterocycles. The highest BCUT2D eigenvalue weighted by atomic mass is 79.9. The Labute approximate surface area is 160 Å². The number of halogens is 5. The minimum atomic E-state index is -4.50. The van der Waals surface area contributed by atoms with Gasteiger partial charge in [-0.05, 0) is 59.6 Å². The monoisotopic (exact) mass is 442 g/mol. The van der Waals surface area contributed by atoms with Crippen LogP contribution in [0.4, 0.5) is 29.1 Å². The molecule has 1 unspecified atom stereocenters. The van der Waals surface area contributed by atoms with Crippen LogP contribution >= 0.6 is 15.9 Å². The fraction of sp³-hybridized carbons (Fsp3) is 0.222. The van der Waals surface area contributed by atoms with Crippen molar-refractivity contribution in [1.82, 2.24) is 9.97 Å². The van der Waals surface area contributed by atoms with Crippen molar-refractivity contribution in [3.63, 3.8) is 0 Å². The second kappa shape index (κ2) is 6.95. The fourth-order valence-electron chi connectivity index (χ4n) is 2.73. The number of rotatable bonds is 3. The van der Waals surface area contributed by atoms with E-state index < -0.39 is 23.6 Å². The largest absolute Gasteiger partial charge is 0.416 e. The molecule has 9 heteroatoms. The molecule has 0 bridgehead atoms. The van der Waals surface area contributed by atoms with Crippen LogP contribution in [0.25, 0.3) is 10.9 Å². The number of aryl methyl sites for hydroxylation is 1. The zero-order valence-corrected chi connectivity index (χ0v) is 15.9. The predicted molar refractivity (Wildman–Crippen MR) is 99.8 cm³/mol. The summed E-state index contributed by atoms with van der Waals surface area (Å²) in [6, 6.07) is 5.67. The summed E-state index contributed by atoms with van der Waals surface area (Å²) in [5.74, 6) is 0.328. The standard InChI is InChI=1S/C18H15BrF4N4/c1-8(10-3-11(18(21,22)23)5-12(24)4-10)25-17-13-6-14(19)15(20)7-16(13)26-9(2)27-17/h3-8H,24H2,1-2H3,(H,25,26,27). The van der Waals surface area contributed by atoms with Crippen molar-refractivity contribution in [2.45, 2.75) is 26.1 Å². The molecule has 0 spiro atoms. The van der Waals surface area contributed by atoms with Gasteiger partial charge in [-0.15, -0.1) is 0 Å². The maximum atomic E-state index is 13.8. The van der Waals surface area contributed by atoms with Gasteiger partial charge in [0.2, 0.25) is 0 Å². The lowest BCUT2D eigenvalue weighted by Crippen LogP contribution is -2.12. The number of anilines is 2. The van der Waals surface area contributed by atoms with Gasteiger partial charge < -0.3 is 11.1 Å². The number of nitrogens with two attached hydrogens (primary N) is 1. The molecule has 0 fully saturated rings. The van der Waals surface area contributed by atoms with Crippen LogP contribution in [0, 0.1) is 12.7 Å². The summed E-state index contributed by atoms with van der Waals surface area (Å²) in [6.07, 6.45) is -4.50. The molecular formula is C18H15BrF4N4. The van der Waals surface area contributed by atoms with Crippen LogP contribution < -0.4 is 11.1 Å². The van der Waals surface area contributed by atoms with Crippen molar-refractivity contribution >= 4 is 38.3 Å². The molecule has 1 atom stereocenters. The van der Waals surface area contributed by atoms with Crippen molar-refractivity contribution < 1.29 is 17.6 Å². The molecule has 2 aromatic carbocycles. The highest BCUT2D eigenvalue weighted by Crippen LogP contribution is 2.34. The van der Waals surface area contributed by atoms with E-state index in [1.807, 2.05) is 0 Å². The molecule has 0 aliphatic rings. The van der Waals surface area contributed by atoms with E-state index in [-0.39, 0.29) is 10.2 Å². The van der Waals surface area contributed by atoms with E-state index in [0.717, 1.165) is 12.1 Å². The number of benzene rings is 2. The van der Waals surface area contributed by atoms with E-state index >= 15 is 0 Å². The maximum absolute atomic E-state index is 13.8. The summed E-state index contributed by atoms with van der Waals surface area (Å²) >= 11 is 3.12. The number of nitrogens with zero attached hydrogens (tertiary/aromatic N) is 2. The van der Waals surface area contributed by atoms with Gasteiger partial charge in [-0.2, -0.15) is 13.2 Å². The number of nitrogens with one attached hydrogen (secondary N) is 1. The van der Waals surface area contributed by atoms with E-state index in [9.17, 15) is 17.6 Å². The average molecular weight is 443 g/mol. The van der Waals surface area contributed by atoms with Crippen molar-refractivity contribution in [2.24, 2.45) is 0 Å². The van der Waals surface area contributed by atoms with Gasteiger partial charge in [0.05, 0.1) is 21.6 Å². The Morgan fingerprint density at radius 1 is 1.11 bits per heavy atom. The summed E-state index contributed by atoms with van der Waals surface area (Å²) in [5.41, 5.74) is 5.58. The van der Waals surface area contributed by atoms with Crippen LogP contribution in [0.15, 0.2) is 34.8 Å². The summed E-state index contributed by atoms with van der Waals surface area (Å²) in [7, 11) is 0. The lowest BCUT2D eigenvalue weighted by Gasteiger charge is -2.19. The molecule has 27 heavy (non-hydrogen) atoms. The van der Waals surface area contributed by atoms with E-state index in [1.165, 1.54) is 18.2 Å². The molecular weight excluding hydrogens is 428 g/mol. The van der Waals surface area contributed by atoms with Gasteiger partial charge in [0.25, 0.3) is 0 Å². The van der Waals surface area contributed by atoms with Crippen LogP contribution in [-0.4, -0.2) is 9.97 Å². The number of nitrogen functional groups attached to an aromatic ring is 1. The quantitative estimate of drug-likeness (QED) is 0.408. The van der Waals surface area contributed by atoms with Gasteiger partial charge in [-0.25, -0.2) is 14.4 Å². The van der Waals surface area contributed by atoms with Gasteiger partial charge >= 0.3 is 6.18 Å². The average Bonchev–Trinajstić information content (AvgIpc) is 2.55. The molecule has 4 nitrogen and oxygen atoms in total. The third-order valence-corrected chi connectivity index (χ3v) is 4.62. The Bertz CT molecular complexity index is 1020. The van der Waals surface area contributed by atoms with Crippen LogP contribution in [0.1, 0.15) is 29.9 Å². The fourth-order valence-corrected chi connectivity index (χ4v) is 3.07. The molecule has 0 radical (unpaired) electrons. The predicted octanol–water partition coefficient (Wildman–Crippen LogP) is 5.61. The number of alkyl halides is 3. The topological polar surface area (TPSA) is 63.8 Å². The Balaban J connectivity index is 2.03. The number of fused-ring (bicyclic) bond motifs is 1. The van der Waals surface area contributed by atoms with Crippen molar-refractivity contribution in [3.05, 3.63) is 57.6 Å².